The van der Waals surface area contributed by atoms with Gasteiger partial charge in [0.1, 0.15) is 0 Å². The summed E-state index contributed by atoms with van der Waals surface area (Å²) in [4.78, 5) is 21.1. The van der Waals surface area contributed by atoms with Crippen molar-refractivity contribution >= 4 is 6.03 Å². The Balaban J connectivity index is 1.45. The zero-order valence-electron chi connectivity index (χ0n) is 15.4. The molecule has 2 aliphatic rings. The standard InChI is InChI=1S/C17H29N5O3/c1-12(13(2)21-8-10-24-11-9-21)18-17(23)22-6-4-15(5-7-22)16-19-14(3)20-25-16/h12-13,15H,4-11H2,1-3H3,(H,18,23). The molecule has 0 radical (unpaired) electrons. The van der Waals surface area contributed by atoms with E-state index in [9.17, 15) is 4.79 Å². The summed E-state index contributed by atoms with van der Waals surface area (Å²) in [7, 11) is 0. The third kappa shape index (κ3) is 4.49. The van der Waals surface area contributed by atoms with Gasteiger partial charge in [-0.25, -0.2) is 4.79 Å². The normalized spacial score (nSPS) is 22.6. The minimum absolute atomic E-state index is 0.0211. The minimum Gasteiger partial charge on any atom is -0.379 e. The lowest BCUT2D eigenvalue weighted by molar-refractivity contribution is 0.0140. The van der Waals surface area contributed by atoms with E-state index in [2.05, 4.69) is 34.2 Å². The summed E-state index contributed by atoms with van der Waals surface area (Å²) >= 11 is 0. The van der Waals surface area contributed by atoms with Crippen LogP contribution in [0.4, 0.5) is 4.79 Å². The van der Waals surface area contributed by atoms with Crippen LogP contribution in [0.25, 0.3) is 0 Å². The summed E-state index contributed by atoms with van der Waals surface area (Å²) in [6.45, 7) is 10.9. The van der Waals surface area contributed by atoms with E-state index in [0.29, 0.717) is 17.8 Å². The number of carbonyl (C=O) groups excluding carboxylic acids is 1. The molecule has 25 heavy (non-hydrogen) atoms. The molecular weight excluding hydrogens is 322 g/mol. The van der Waals surface area contributed by atoms with Gasteiger partial charge in [0.2, 0.25) is 5.89 Å². The number of nitrogens with one attached hydrogen (secondary N) is 1. The number of nitrogens with zero attached hydrogens (tertiary/aromatic N) is 4. The maximum atomic E-state index is 12.6. The largest absolute Gasteiger partial charge is 0.379 e. The van der Waals surface area contributed by atoms with E-state index in [1.165, 1.54) is 0 Å². The second kappa shape index (κ2) is 8.14. The number of aromatic nitrogens is 2. The van der Waals surface area contributed by atoms with Crippen molar-refractivity contribution in [2.45, 2.75) is 51.6 Å². The zero-order chi connectivity index (χ0) is 17.8. The Morgan fingerprint density at radius 1 is 1.20 bits per heavy atom. The Morgan fingerprint density at radius 2 is 1.88 bits per heavy atom. The van der Waals surface area contributed by atoms with Gasteiger partial charge in [-0.1, -0.05) is 5.16 Å². The molecule has 2 atom stereocenters. The third-order valence-corrected chi connectivity index (χ3v) is 5.37. The molecule has 0 spiro atoms. The Hall–Kier alpha value is -1.67. The van der Waals surface area contributed by atoms with E-state index in [4.69, 9.17) is 9.26 Å². The molecule has 8 heteroatoms. The molecule has 8 nitrogen and oxygen atoms in total. The number of hydrogen-bond donors (Lipinski definition) is 1. The van der Waals surface area contributed by atoms with Crippen molar-refractivity contribution < 1.29 is 14.1 Å². The first-order valence-electron chi connectivity index (χ1n) is 9.22. The van der Waals surface area contributed by atoms with Crippen molar-refractivity contribution in [3.63, 3.8) is 0 Å². The lowest BCUT2D eigenvalue weighted by atomic mass is 9.97. The fourth-order valence-corrected chi connectivity index (χ4v) is 3.52. The summed E-state index contributed by atoms with van der Waals surface area (Å²) < 4.78 is 10.7. The minimum atomic E-state index is 0.0211. The zero-order valence-corrected chi connectivity index (χ0v) is 15.4. The lowest BCUT2D eigenvalue weighted by Gasteiger charge is -2.37. The molecular formula is C17H29N5O3. The van der Waals surface area contributed by atoms with Crippen LogP contribution in [0, 0.1) is 6.92 Å². The predicted octanol–water partition coefficient (Wildman–Crippen LogP) is 1.38. The van der Waals surface area contributed by atoms with Crippen molar-refractivity contribution in [3.05, 3.63) is 11.7 Å². The van der Waals surface area contributed by atoms with E-state index in [-0.39, 0.29) is 18.0 Å². The fraction of sp³-hybridized carbons (Fsp3) is 0.824. The number of likely N-dealkylation sites (tertiary alicyclic amines) is 1. The molecule has 1 aromatic rings. The van der Waals surface area contributed by atoms with Gasteiger partial charge in [0.15, 0.2) is 5.82 Å². The number of rotatable bonds is 4. The van der Waals surface area contributed by atoms with Gasteiger partial charge in [0, 0.05) is 44.2 Å². The highest BCUT2D eigenvalue weighted by molar-refractivity contribution is 5.74. The second-order valence-corrected chi connectivity index (χ2v) is 7.07. The van der Waals surface area contributed by atoms with Crippen LogP contribution in [0.2, 0.25) is 0 Å². The molecule has 2 aliphatic heterocycles. The predicted molar refractivity (Wildman–Crippen MR) is 92.4 cm³/mol. The van der Waals surface area contributed by atoms with Gasteiger partial charge in [-0.3, -0.25) is 4.90 Å². The molecule has 3 rings (SSSR count). The van der Waals surface area contributed by atoms with E-state index >= 15 is 0 Å². The first kappa shape index (κ1) is 18.1. The number of ether oxygens (including phenoxy) is 1. The SMILES string of the molecule is Cc1noc(C2CCN(C(=O)NC(C)C(C)N3CCOCC3)CC2)n1. The van der Waals surface area contributed by atoms with E-state index in [1.807, 2.05) is 11.8 Å². The Morgan fingerprint density at radius 3 is 2.48 bits per heavy atom. The lowest BCUT2D eigenvalue weighted by Crippen LogP contribution is -2.55. The van der Waals surface area contributed by atoms with Crippen LogP contribution in [0.5, 0.6) is 0 Å². The van der Waals surface area contributed by atoms with Crippen LogP contribution in [0.1, 0.15) is 44.3 Å². The molecule has 0 bridgehead atoms. The molecule has 3 heterocycles. The average Bonchev–Trinajstić information content (AvgIpc) is 3.08. The highest BCUT2D eigenvalue weighted by atomic mass is 16.5. The number of aryl methyl sites for hydroxylation is 1. The maximum absolute atomic E-state index is 12.6. The molecule has 0 aromatic carbocycles. The van der Waals surface area contributed by atoms with Gasteiger partial charge in [-0.05, 0) is 33.6 Å². The summed E-state index contributed by atoms with van der Waals surface area (Å²) in [5, 5.41) is 7.02. The van der Waals surface area contributed by atoms with Crippen molar-refractivity contribution in [1.29, 1.82) is 0 Å². The van der Waals surface area contributed by atoms with E-state index in [1.54, 1.807) is 0 Å². The number of amides is 2. The van der Waals surface area contributed by atoms with Crippen LogP contribution < -0.4 is 5.32 Å². The molecule has 1 N–H and O–H groups in total. The average molecular weight is 351 g/mol. The Kier molecular flexibility index (Phi) is 5.90. The number of morpholine rings is 1. The maximum Gasteiger partial charge on any atom is 0.317 e. The van der Waals surface area contributed by atoms with Crippen molar-refractivity contribution in [2.24, 2.45) is 0 Å². The van der Waals surface area contributed by atoms with Gasteiger partial charge >= 0.3 is 6.03 Å². The van der Waals surface area contributed by atoms with Gasteiger partial charge in [-0.2, -0.15) is 4.98 Å². The van der Waals surface area contributed by atoms with Gasteiger partial charge in [0.25, 0.3) is 0 Å². The van der Waals surface area contributed by atoms with Crippen LogP contribution in [-0.4, -0.2) is 77.4 Å². The quantitative estimate of drug-likeness (QED) is 0.882. The van der Waals surface area contributed by atoms with Crippen LogP contribution >= 0.6 is 0 Å². The highest BCUT2D eigenvalue weighted by Crippen LogP contribution is 2.26. The molecule has 0 saturated carbocycles. The molecule has 0 aliphatic carbocycles. The Bertz CT molecular complexity index is 564. The van der Waals surface area contributed by atoms with Crippen LogP contribution in [-0.2, 0) is 4.74 Å². The first-order chi connectivity index (χ1) is 12.0. The monoisotopic (exact) mass is 351 g/mol. The summed E-state index contributed by atoms with van der Waals surface area (Å²) in [6.07, 6.45) is 1.73. The number of hydrogen-bond acceptors (Lipinski definition) is 6. The summed E-state index contributed by atoms with van der Waals surface area (Å²) in [5.41, 5.74) is 0. The topological polar surface area (TPSA) is 83.7 Å². The fourth-order valence-electron chi connectivity index (χ4n) is 3.52. The number of piperidine rings is 1. The second-order valence-electron chi connectivity index (χ2n) is 7.07. The highest BCUT2D eigenvalue weighted by Gasteiger charge is 2.29. The van der Waals surface area contributed by atoms with Crippen LogP contribution in [0.3, 0.4) is 0 Å². The summed E-state index contributed by atoms with van der Waals surface area (Å²) in [5.74, 6) is 1.63. The van der Waals surface area contributed by atoms with Crippen molar-refractivity contribution in [3.8, 4) is 0 Å². The van der Waals surface area contributed by atoms with E-state index < -0.39 is 0 Å². The number of carbonyl (C=O) groups is 1. The van der Waals surface area contributed by atoms with E-state index in [0.717, 1.165) is 52.2 Å². The van der Waals surface area contributed by atoms with Gasteiger partial charge in [0.05, 0.1) is 13.2 Å². The molecule has 2 saturated heterocycles. The Labute approximate surface area is 148 Å². The van der Waals surface area contributed by atoms with Crippen LogP contribution in [0.15, 0.2) is 4.52 Å². The number of urea groups is 1. The molecule has 2 amide bonds. The molecule has 2 unspecified atom stereocenters. The van der Waals surface area contributed by atoms with Crippen molar-refractivity contribution in [1.82, 2.24) is 25.3 Å². The first-order valence-corrected chi connectivity index (χ1v) is 9.22. The molecule has 2 fully saturated rings. The smallest absolute Gasteiger partial charge is 0.317 e. The van der Waals surface area contributed by atoms with Crippen molar-refractivity contribution in [2.75, 3.05) is 39.4 Å². The third-order valence-electron chi connectivity index (χ3n) is 5.37. The van der Waals surface area contributed by atoms with Gasteiger partial charge < -0.3 is 19.5 Å². The summed E-state index contributed by atoms with van der Waals surface area (Å²) in [6, 6.07) is 0.418. The molecule has 1 aromatic heterocycles. The van der Waals surface area contributed by atoms with Gasteiger partial charge in [-0.15, -0.1) is 0 Å². The molecule has 140 valence electrons.